The zero-order valence-electron chi connectivity index (χ0n) is 28.2. The highest BCUT2D eigenvalue weighted by atomic mass is 79.9. The molecule has 3 aromatic carbocycles. The second kappa shape index (κ2) is 13.1. The van der Waals surface area contributed by atoms with Crippen molar-refractivity contribution in [1.82, 2.24) is 4.98 Å². The highest BCUT2D eigenvalue weighted by Crippen LogP contribution is 2.60. The second-order valence-electron chi connectivity index (χ2n) is 14.2. The largest absolute Gasteiger partial charge is 0.407 e. The molecule has 5 rings (SSSR count). The standard InChI is InChI=1S/C39H49BrN2O2Si/c1-9-42-35-25-17-16-23-32(35)34(39(42,40)33-24-18-26-41-36(33)29(2)43-8)27-38(6,7)28-44-45(37(3,4)5,30-19-12-10-13-20-30)31-21-14-11-15-22-31/h10-26,29,34H,9,27-28H2,1-8H3/t29-,34?,39?/m0/s1. The molecule has 238 valence electrons. The Morgan fingerprint density at radius 2 is 1.44 bits per heavy atom. The number of anilines is 1. The van der Waals surface area contributed by atoms with Gasteiger partial charge in [0, 0.05) is 43.6 Å². The second-order valence-corrected chi connectivity index (χ2v) is 19.7. The Bertz CT molecular complexity index is 1530. The van der Waals surface area contributed by atoms with Gasteiger partial charge in [-0.05, 0) is 58.8 Å². The number of benzene rings is 3. The summed E-state index contributed by atoms with van der Waals surface area (Å²) in [6.45, 7) is 17.6. The van der Waals surface area contributed by atoms with Gasteiger partial charge < -0.3 is 14.1 Å². The summed E-state index contributed by atoms with van der Waals surface area (Å²) in [6.07, 6.45) is 2.66. The number of para-hydroxylation sites is 1. The number of ether oxygens (including phenoxy) is 1. The maximum atomic E-state index is 7.51. The minimum absolute atomic E-state index is 0.0785. The van der Waals surface area contributed by atoms with Crippen molar-refractivity contribution in [2.24, 2.45) is 5.41 Å². The number of rotatable bonds is 11. The first-order valence-electron chi connectivity index (χ1n) is 16.2. The lowest BCUT2D eigenvalue weighted by molar-refractivity contribution is 0.113. The van der Waals surface area contributed by atoms with Crippen molar-refractivity contribution >= 4 is 40.3 Å². The van der Waals surface area contributed by atoms with E-state index >= 15 is 0 Å². The minimum atomic E-state index is -2.68. The summed E-state index contributed by atoms with van der Waals surface area (Å²) in [4.78, 5) is 7.37. The van der Waals surface area contributed by atoms with E-state index in [1.807, 2.05) is 6.20 Å². The van der Waals surface area contributed by atoms with E-state index in [4.69, 9.17) is 14.1 Å². The highest BCUT2D eigenvalue weighted by molar-refractivity contribution is 9.09. The Morgan fingerprint density at radius 1 is 0.867 bits per heavy atom. The van der Waals surface area contributed by atoms with Crippen molar-refractivity contribution < 1.29 is 9.16 Å². The molecular formula is C39H49BrN2O2Si. The molecule has 4 aromatic rings. The predicted molar refractivity (Wildman–Crippen MR) is 194 cm³/mol. The third-order valence-electron chi connectivity index (χ3n) is 9.58. The van der Waals surface area contributed by atoms with Gasteiger partial charge in [0.1, 0.15) is 4.45 Å². The summed E-state index contributed by atoms with van der Waals surface area (Å²) in [7, 11) is -0.926. The highest BCUT2D eigenvalue weighted by Gasteiger charge is 2.54. The number of nitrogens with zero attached hydrogens (tertiary/aromatic N) is 2. The molecule has 4 nitrogen and oxygen atoms in total. The van der Waals surface area contributed by atoms with Crippen LogP contribution < -0.4 is 15.3 Å². The Balaban J connectivity index is 1.58. The molecule has 0 saturated carbocycles. The number of likely N-dealkylation sites (N-methyl/N-ethyl adjacent to an activating group) is 1. The number of methoxy groups -OCH3 is 1. The molecule has 1 aliphatic heterocycles. The molecule has 6 heteroatoms. The van der Waals surface area contributed by atoms with E-state index in [1.54, 1.807) is 7.11 Å². The lowest BCUT2D eigenvalue weighted by Crippen LogP contribution is -2.67. The van der Waals surface area contributed by atoms with Crippen LogP contribution in [0.5, 0.6) is 0 Å². The summed E-state index contributed by atoms with van der Waals surface area (Å²) in [5, 5.41) is 2.54. The molecular weight excluding hydrogens is 636 g/mol. The molecule has 0 N–H and O–H groups in total. The third-order valence-corrected chi connectivity index (χ3v) is 16.0. The first-order valence-corrected chi connectivity index (χ1v) is 18.9. The van der Waals surface area contributed by atoms with Gasteiger partial charge in [0.15, 0.2) is 0 Å². The first-order chi connectivity index (χ1) is 21.4. The third kappa shape index (κ3) is 6.07. The smallest absolute Gasteiger partial charge is 0.261 e. The van der Waals surface area contributed by atoms with Gasteiger partial charge in [0.05, 0.1) is 11.8 Å². The molecule has 0 spiro atoms. The number of aromatic nitrogens is 1. The summed E-state index contributed by atoms with van der Waals surface area (Å²) < 4.78 is 12.9. The van der Waals surface area contributed by atoms with E-state index in [2.05, 4.69) is 166 Å². The van der Waals surface area contributed by atoms with Crippen molar-refractivity contribution in [1.29, 1.82) is 0 Å². The lowest BCUT2D eigenvalue weighted by Gasteiger charge is -2.46. The fourth-order valence-corrected chi connectivity index (χ4v) is 13.4. The molecule has 3 atom stereocenters. The van der Waals surface area contributed by atoms with Gasteiger partial charge in [-0.15, -0.1) is 0 Å². The zero-order chi connectivity index (χ0) is 32.5. The van der Waals surface area contributed by atoms with Crippen LogP contribution in [-0.4, -0.2) is 33.6 Å². The van der Waals surface area contributed by atoms with Crippen LogP contribution in [0.25, 0.3) is 0 Å². The molecule has 2 unspecified atom stereocenters. The maximum Gasteiger partial charge on any atom is 0.261 e. The van der Waals surface area contributed by atoms with Crippen LogP contribution in [0.1, 0.15) is 83.7 Å². The average Bonchev–Trinajstić information content (AvgIpc) is 3.28. The Kier molecular flexibility index (Phi) is 9.81. The molecule has 0 bridgehead atoms. The van der Waals surface area contributed by atoms with Crippen LogP contribution in [0, 0.1) is 5.41 Å². The maximum absolute atomic E-state index is 7.51. The Morgan fingerprint density at radius 3 is 2.00 bits per heavy atom. The Hall–Kier alpha value is -2.77. The fraction of sp³-hybridized carbons (Fsp3) is 0.410. The van der Waals surface area contributed by atoms with E-state index in [9.17, 15) is 0 Å². The predicted octanol–water partition coefficient (Wildman–Crippen LogP) is 8.95. The number of fused-ring (bicyclic) bond motifs is 1. The van der Waals surface area contributed by atoms with Crippen LogP contribution in [0.3, 0.4) is 0 Å². The SMILES string of the molecule is CCN1c2ccccc2C(CC(C)(C)CO[Si](c2ccccc2)(c2ccccc2)C(C)(C)C)C1(Br)c1cccnc1[C@H](C)OC. The molecule has 0 radical (unpaired) electrons. The van der Waals surface area contributed by atoms with Gasteiger partial charge in [0.2, 0.25) is 0 Å². The molecule has 0 fully saturated rings. The fourth-order valence-electron chi connectivity index (χ4n) is 7.40. The van der Waals surface area contributed by atoms with Gasteiger partial charge in [0.25, 0.3) is 8.32 Å². The summed E-state index contributed by atoms with van der Waals surface area (Å²) in [5.74, 6) is 0.151. The molecule has 0 amide bonds. The van der Waals surface area contributed by atoms with Crippen molar-refractivity contribution in [2.75, 3.05) is 25.2 Å². The van der Waals surface area contributed by atoms with Gasteiger partial charge in [-0.2, -0.15) is 0 Å². The summed E-state index contributed by atoms with van der Waals surface area (Å²) >= 11 is 4.42. The monoisotopic (exact) mass is 684 g/mol. The van der Waals surface area contributed by atoms with Crippen molar-refractivity contribution in [3.8, 4) is 0 Å². The molecule has 45 heavy (non-hydrogen) atoms. The van der Waals surface area contributed by atoms with Gasteiger partial charge in [-0.3, -0.25) is 4.98 Å². The molecule has 2 heterocycles. The van der Waals surface area contributed by atoms with E-state index in [-0.39, 0.29) is 22.5 Å². The van der Waals surface area contributed by atoms with Crippen molar-refractivity contribution in [2.45, 2.75) is 76.4 Å². The average molecular weight is 686 g/mol. The number of halogens is 1. The summed E-state index contributed by atoms with van der Waals surface area (Å²) in [6, 6.07) is 35.1. The Labute approximate surface area is 280 Å². The normalized spacial score (nSPS) is 19.4. The minimum Gasteiger partial charge on any atom is -0.407 e. The van der Waals surface area contributed by atoms with Crippen molar-refractivity contribution in [3.63, 3.8) is 0 Å². The molecule has 0 aliphatic carbocycles. The van der Waals surface area contributed by atoms with E-state index < -0.39 is 12.8 Å². The molecule has 0 saturated heterocycles. The number of alkyl halides is 1. The lowest BCUT2D eigenvalue weighted by atomic mass is 9.76. The van der Waals surface area contributed by atoms with E-state index in [0.29, 0.717) is 6.61 Å². The van der Waals surface area contributed by atoms with Crippen LogP contribution >= 0.6 is 15.9 Å². The van der Waals surface area contributed by atoms with Crippen LogP contribution in [0.2, 0.25) is 5.04 Å². The van der Waals surface area contributed by atoms with Crippen LogP contribution in [0.4, 0.5) is 5.69 Å². The van der Waals surface area contributed by atoms with E-state index in [1.165, 1.54) is 21.6 Å². The zero-order valence-corrected chi connectivity index (χ0v) is 30.8. The first kappa shape index (κ1) is 33.6. The van der Waals surface area contributed by atoms with Gasteiger partial charge in [-0.25, -0.2) is 0 Å². The van der Waals surface area contributed by atoms with Crippen LogP contribution in [-0.2, 0) is 13.6 Å². The van der Waals surface area contributed by atoms with Crippen LogP contribution in [0.15, 0.2) is 103 Å². The summed E-state index contributed by atoms with van der Waals surface area (Å²) in [5.41, 5.74) is 4.60. The van der Waals surface area contributed by atoms with Crippen molar-refractivity contribution in [3.05, 3.63) is 120 Å². The molecule has 1 aliphatic rings. The number of hydrogen-bond acceptors (Lipinski definition) is 4. The van der Waals surface area contributed by atoms with Gasteiger partial charge >= 0.3 is 0 Å². The molecule has 1 aromatic heterocycles. The van der Waals surface area contributed by atoms with Gasteiger partial charge in [-0.1, -0.05) is 135 Å². The van der Waals surface area contributed by atoms with E-state index in [0.717, 1.165) is 24.2 Å². The topological polar surface area (TPSA) is 34.6 Å². The number of hydrogen-bond donors (Lipinski definition) is 0. The quantitative estimate of drug-likeness (QED) is 0.0898. The number of pyridine rings is 1.